The maximum Gasteiger partial charge on any atom is 0.255 e. The van der Waals surface area contributed by atoms with Crippen molar-refractivity contribution in [1.29, 1.82) is 0 Å². The molecular formula is C13H15FN4OS. The van der Waals surface area contributed by atoms with Gasteiger partial charge in [0.15, 0.2) is 0 Å². The Kier molecular flexibility index (Phi) is 3.77. The molecule has 106 valence electrons. The van der Waals surface area contributed by atoms with Crippen molar-refractivity contribution < 1.29 is 9.13 Å². The second-order valence-electron chi connectivity index (χ2n) is 4.59. The van der Waals surface area contributed by atoms with Crippen LogP contribution in [0.5, 0.6) is 5.88 Å². The van der Waals surface area contributed by atoms with Crippen LogP contribution in [0.1, 0.15) is 28.4 Å². The Bertz CT molecular complexity index is 593. The number of nitrogens with zero attached hydrogens (tertiary/aromatic N) is 3. The summed E-state index contributed by atoms with van der Waals surface area (Å²) in [5.74, 6) is -0.278. The lowest BCUT2D eigenvalue weighted by molar-refractivity contribution is 0.368. The van der Waals surface area contributed by atoms with Crippen LogP contribution < -0.4 is 10.1 Å². The number of halogens is 1. The zero-order valence-electron chi connectivity index (χ0n) is 11.1. The van der Waals surface area contributed by atoms with Gasteiger partial charge in [-0.2, -0.15) is 9.37 Å². The summed E-state index contributed by atoms with van der Waals surface area (Å²) < 4.78 is 18.0. The second-order valence-corrected chi connectivity index (χ2v) is 5.76. The lowest BCUT2D eigenvalue weighted by atomic mass is 10.0. The molecule has 0 saturated heterocycles. The van der Waals surface area contributed by atoms with Crippen LogP contribution in [-0.4, -0.2) is 22.1 Å². The maximum atomic E-state index is 13.2. The average molecular weight is 294 g/mol. The summed E-state index contributed by atoms with van der Waals surface area (Å²) in [6, 6.07) is 0. The second kappa shape index (κ2) is 5.70. The zero-order valence-corrected chi connectivity index (χ0v) is 12.0. The summed E-state index contributed by atoms with van der Waals surface area (Å²) in [6.45, 7) is 0.548. The van der Waals surface area contributed by atoms with Gasteiger partial charge in [0.2, 0.25) is 11.8 Å². The molecule has 2 aromatic heterocycles. The molecule has 0 aromatic carbocycles. The molecule has 0 saturated carbocycles. The Hall–Kier alpha value is -1.76. The van der Waals surface area contributed by atoms with E-state index in [9.17, 15) is 4.39 Å². The van der Waals surface area contributed by atoms with Crippen molar-refractivity contribution >= 4 is 17.3 Å². The lowest BCUT2D eigenvalue weighted by Gasteiger charge is -2.06. The van der Waals surface area contributed by atoms with Gasteiger partial charge in [-0.1, -0.05) is 0 Å². The smallest absolute Gasteiger partial charge is 0.255 e. The van der Waals surface area contributed by atoms with Crippen molar-refractivity contribution in [3.8, 4) is 5.88 Å². The van der Waals surface area contributed by atoms with E-state index in [1.807, 2.05) is 0 Å². The molecule has 1 aliphatic carbocycles. The number of ether oxygens (including phenoxy) is 1. The Morgan fingerprint density at radius 1 is 1.35 bits per heavy atom. The third kappa shape index (κ3) is 2.72. The summed E-state index contributed by atoms with van der Waals surface area (Å²) in [5.41, 5.74) is 1.23. The number of nitrogens with one attached hydrogen (secondary N) is 1. The summed E-state index contributed by atoms with van der Waals surface area (Å²) in [5, 5.41) is 4.07. The summed E-state index contributed by atoms with van der Waals surface area (Å²) >= 11 is 1.73. The molecule has 0 bridgehead atoms. The van der Waals surface area contributed by atoms with E-state index in [0.29, 0.717) is 12.5 Å². The average Bonchev–Trinajstić information content (AvgIpc) is 2.89. The highest BCUT2D eigenvalue weighted by molar-refractivity contribution is 7.11. The van der Waals surface area contributed by atoms with Crippen LogP contribution in [-0.2, 0) is 19.4 Å². The molecule has 7 heteroatoms. The molecule has 0 spiro atoms. The molecule has 0 radical (unpaired) electrons. The van der Waals surface area contributed by atoms with Gasteiger partial charge < -0.3 is 10.1 Å². The first-order valence-electron chi connectivity index (χ1n) is 6.54. The van der Waals surface area contributed by atoms with E-state index in [4.69, 9.17) is 4.74 Å². The lowest BCUT2D eigenvalue weighted by Crippen LogP contribution is -2.05. The molecule has 5 nitrogen and oxygen atoms in total. The number of hydrogen-bond donors (Lipinski definition) is 1. The monoisotopic (exact) mass is 294 g/mol. The molecule has 0 unspecified atom stereocenters. The Labute approximate surface area is 120 Å². The van der Waals surface area contributed by atoms with Crippen molar-refractivity contribution in [2.75, 3.05) is 12.4 Å². The van der Waals surface area contributed by atoms with Crippen molar-refractivity contribution in [3.05, 3.63) is 27.6 Å². The van der Waals surface area contributed by atoms with Crippen LogP contribution in [0.25, 0.3) is 0 Å². The van der Waals surface area contributed by atoms with E-state index in [0.717, 1.165) is 24.0 Å². The topological polar surface area (TPSA) is 59.9 Å². The fourth-order valence-electron chi connectivity index (χ4n) is 2.22. The molecule has 0 atom stereocenters. The molecule has 0 amide bonds. The van der Waals surface area contributed by atoms with Gasteiger partial charge in [0.05, 0.1) is 25.5 Å². The van der Waals surface area contributed by atoms with Gasteiger partial charge in [0.25, 0.3) is 5.88 Å². The first-order chi connectivity index (χ1) is 9.76. The van der Waals surface area contributed by atoms with Crippen LogP contribution in [0.4, 0.5) is 10.3 Å². The van der Waals surface area contributed by atoms with Crippen LogP contribution >= 0.6 is 11.3 Å². The number of thiazole rings is 1. The van der Waals surface area contributed by atoms with Crippen molar-refractivity contribution in [2.24, 2.45) is 0 Å². The molecule has 3 rings (SSSR count). The van der Waals surface area contributed by atoms with Crippen LogP contribution in [0.3, 0.4) is 0 Å². The zero-order chi connectivity index (χ0) is 13.9. The summed E-state index contributed by atoms with van der Waals surface area (Å²) in [7, 11) is 1.38. The van der Waals surface area contributed by atoms with Gasteiger partial charge in [-0.15, -0.1) is 11.3 Å². The number of anilines is 1. The fraction of sp³-hybridized carbons (Fsp3) is 0.462. The molecule has 2 aromatic rings. The summed E-state index contributed by atoms with van der Waals surface area (Å²) in [4.78, 5) is 13.8. The number of methoxy groups -OCH3 is 1. The number of fused-ring (bicyclic) bond motifs is 1. The highest BCUT2D eigenvalue weighted by atomic mass is 32.1. The van der Waals surface area contributed by atoms with E-state index in [1.165, 1.54) is 30.5 Å². The first-order valence-corrected chi connectivity index (χ1v) is 7.36. The maximum absolute atomic E-state index is 13.2. The Balaban J connectivity index is 1.68. The van der Waals surface area contributed by atoms with Crippen molar-refractivity contribution in [3.63, 3.8) is 0 Å². The van der Waals surface area contributed by atoms with Gasteiger partial charge in [0.1, 0.15) is 5.01 Å². The van der Waals surface area contributed by atoms with Gasteiger partial charge >= 0.3 is 0 Å². The third-order valence-corrected chi connectivity index (χ3v) is 4.35. The van der Waals surface area contributed by atoms with E-state index in [1.54, 1.807) is 11.3 Å². The van der Waals surface area contributed by atoms with E-state index >= 15 is 0 Å². The van der Waals surface area contributed by atoms with E-state index < -0.39 is 5.82 Å². The predicted octanol–water partition coefficient (Wildman–Crippen LogP) is 2.57. The van der Waals surface area contributed by atoms with Crippen molar-refractivity contribution in [2.45, 2.75) is 32.2 Å². The molecule has 1 aliphatic rings. The standard InChI is InChI=1S/C13H15FN4OS/c1-19-12-8(14)6-15-13(18-12)16-7-11-17-9-4-2-3-5-10(9)20-11/h6H,2-5,7H2,1H3,(H,15,16,18). The van der Waals surface area contributed by atoms with Gasteiger partial charge in [-0.25, -0.2) is 9.97 Å². The Morgan fingerprint density at radius 2 is 2.20 bits per heavy atom. The van der Waals surface area contributed by atoms with E-state index in [2.05, 4.69) is 20.3 Å². The minimum absolute atomic E-state index is 0.0547. The van der Waals surface area contributed by atoms with Crippen LogP contribution in [0.15, 0.2) is 6.20 Å². The molecule has 0 fully saturated rings. The third-order valence-electron chi connectivity index (χ3n) is 3.19. The minimum atomic E-state index is -0.567. The quantitative estimate of drug-likeness (QED) is 0.939. The van der Waals surface area contributed by atoms with E-state index in [-0.39, 0.29) is 5.88 Å². The number of aryl methyl sites for hydroxylation is 2. The summed E-state index contributed by atoms with van der Waals surface area (Å²) in [6.07, 6.45) is 5.78. The van der Waals surface area contributed by atoms with Crippen LogP contribution in [0, 0.1) is 5.82 Å². The molecule has 2 heterocycles. The number of rotatable bonds is 4. The van der Waals surface area contributed by atoms with Gasteiger partial charge in [-0.3, -0.25) is 0 Å². The molecular weight excluding hydrogens is 279 g/mol. The van der Waals surface area contributed by atoms with Crippen LogP contribution in [0.2, 0.25) is 0 Å². The SMILES string of the molecule is COc1nc(NCc2nc3c(s2)CCCC3)ncc1F. The number of aromatic nitrogens is 3. The van der Waals surface area contributed by atoms with Crippen molar-refractivity contribution in [1.82, 2.24) is 15.0 Å². The molecule has 1 N–H and O–H groups in total. The highest BCUT2D eigenvalue weighted by Gasteiger charge is 2.15. The normalized spacial score (nSPS) is 13.9. The highest BCUT2D eigenvalue weighted by Crippen LogP contribution is 2.27. The van der Waals surface area contributed by atoms with Gasteiger partial charge in [-0.05, 0) is 25.7 Å². The number of hydrogen-bond acceptors (Lipinski definition) is 6. The fourth-order valence-corrected chi connectivity index (χ4v) is 3.31. The largest absolute Gasteiger partial charge is 0.479 e. The predicted molar refractivity (Wildman–Crippen MR) is 74.6 cm³/mol. The molecule has 20 heavy (non-hydrogen) atoms. The first kappa shape index (κ1) is 13.2. The molecule has 0 aliphatic heterocycles. The minimum Gasteiger partial charge on any atom is -0.479 e. The van der Waals surface area contributed by atoms with Gasteiger partial charge in [0, 0.05) is 4.88 Å². The Morgan fingerprint density at radius 3 is 3.00 bits per heavy atom.